The van der Waals surface area contributed by atoms with E-state index in [1.165, 1.54) is 38.6 Å². The van der Waals surface area contributed by atoms with Gasteiger partial charge in [-0.3, -0.25) is 4.90 Å². The molecule has 1 fully saturated rings. The molecule has 1 N–H and O–H groups in total. The van der Waals surface area contributed by atoms with Crippen LogP contribution in [0.5, 0.6) is 0 Å². The van der Waals surface area contributed by atoms with Crippen molar-refractivity contribution in [1.29, 1.82) is 0 Å². The van der Waals surface area contributed by atoms with Gasteiger partial charge in [-0.05, 0) is 58.0 Å². The van der Waals surface area contributed by atoms with Gasteiger partial charge in [-0.25, -0.2) is 0 Å². The zero-order valence-electron chi connectivity index (χ0n) is 14.1. The van der Waals surface area contributed by atoms with Gasteiger partial charge < -0.3 is 5.32 Å². The molecule has 0 saturated heterocycles. The summed E-state index contributed by atoms with van der Waals surface area (Å²) in [7, 11) is 0. The lowest BCUT2D eigenvalue weighted by atomic mass is 9.70. The largest absolute Gasteiger partial charge is 0.312 e. The molecule has 1 aliphatic rings. The van der Waals surface area contributed by atoms with E-state index in [0.29, 0.717) is 17.5 Å². The molecule has 0 aromatic heterocycles. The summed E-state index contributed by atoms with van der Waals surface area (Å²) in [6.45, 7) is 16.6. The zero-order chi connectivity index (χ0) is 14.5. The molecule has 19 heavy (non-hydrogen) atoms. The molecule has 1 rings (SSSR count). The van der Waals surface area contributed by atoms with Gasteiger partial charge in [0.25, 0.3) is 0 Å². The average Bonchev–Trinajstić information content (AvgIpc) is 2.33. The first-order valence-corrected chi connectivity index (χ1v) is 8.43. The first-order valence-electron chi connectivity index (χ1n) is 8.43. The van der Waals surface area contributed by atoms with E-state index in [2.05, 4.69) is 51.8 Å². The molecule has 2 atom stereocenters. The molecule has 0 spiro atoms. The fourth-order valence-electron chi connectivity index (χ4n) is 3.74. The smallest absolute Gasteiger partial charge is 0.0274 e. The zero-order valence-corrected chi connectivity index (χ0v) is 14.1. The maximum absolute atomic E-state index is 3.86. The number of nitrogens with one attached hydrogen (secondary N) is 1. The molecule has 0 radical (unpaired) electrons. The van der Waals surface area contributed by atoms with E-state index < -0.39 is 0 Å². The van der Waals surface area contributed by atoms with Crippen molar-refractivity contribution in [3.8, 4) is 0 Å². The Bertz CT molecular complexity index is 248. The van der Waals surface area contributed by atoms with E-state index in [-0.39, 0.29) is 0 Å². The van der Waals surface area contributed by atoms with E-state index in [0.717, 1.165) is 12.6 Å². The predicted octanol–water partition coefficient (Wildman–Crippen LogP) is 4.05. The second kappa shape index (κ2) is 7.64. The van der Waals surface area contributed by atoms with Crippen LogP contribution in [-0.4, -0.2) is 36.1 Å². The maximum atomic E-state index is 3.86. The third kappa shape index (κ3) is 4.46. The highest BCUT2D eigenvalue weighted by Gasteiger charge is 2.41. The number of nitrogens with zero attached hydrogens (tertiary/aromatic N) is 1. The highest BCUT2D eigenvalue weighted by molar-refractivity contribution is 4.98. The maximum Gasteiger partial charge on any atom is 0.0274 e. The lowest BCUT2D eigenvalue weighted by molar-refractivity contribution is 0.0310. The summed E-state index contributed by atoms with van der Waals surface area (Å²) in [6, 6.07) is 2.02. The van der Waals surface area contributed by atoms with Crippen molar-refractivity contribution in [3.63, 3.8) is 0 Å². The SMILES string of the molecule is CCCNC1C(N(CCC)C(C)C)CCCC1(C)C. The van der Waals surface area contributed by atoms with Crippen molar-refractivity contribution in [2.75, 3.05) is 13.1 Å². The summed E-state index contributed by atoms with van der Waals surface area (Å²) in [5.74, 6) is 0. The van der Waals surface area contributed by atoms with Crippen LogP contribution in [0.15, 0.2) is 0 Å². The Hall–Kier alpha value is -0.0800. The van der Waals surface area contributed by atoms with Crippen LogP contribution in [0.1, 0.15) is 73.6 Å². The van der Waals surface area contributed by atoms with Gasteiger partial charge in [0, 0.05) is 18.1 Å². The lowest BCUT2D eigenvalue weighted by Crippen LogP contribution is -2.60. The van der Waals surface area contributed by atoms with E-state index in [4.69, 9.17) is 0 Å². The van der Waals surface area contributed by atoms with Crippen molar-refractivity contribution < 1.29 is 0 Å². The Balaban J connectivity index is 2.85. The van der Waals surface area contributed by atoms with Crippen molar-refractivity contribution in [2.45, 2.75) is 91.8 Å². The van der Waals surface area contributed by atoms with Crippen LogP contribution in [0.4, 0.5) is 0 Å². The normalized spacial score (nSPS) is 27.2. The van der Waals surface area contributed by atoms with Crippen LogP contribution >= 0.6 is 0 Å². The van der Waals surface area contributed by atoms with Crippen molar-refractivity contribution in [3.05, 3.63) is 0 Å². The van der Waals surface area contributed by atoms with Crippen molar-refractivity contribution in [1.82, 2.24) is 10.2 Å². The standard InChI is InChI=1S/C17H36N2/c1-7-12-18-16-15(10-9-11-17(16,5)6)19(13-8-2)14(3)4/h14-16,18H,7-13H2,1-6H3. The molecule has 0 aromatic carbocycles. The summed E-state index contributed by atoms with van der Waals surface area (Å²) in [5.41, 5.74) is 0.430. The molecule has 2 heteroatoms. The second-order valence-electron chi connectivity index (χ2n) is 7.21. The molecule has 2 nitrogen and oxygen atoms in total. The third-order valence-electron chi connectivity index (χ3n) is 4.73. The Labute approximate surface area is 121 Å². The highest BCUT2D eigenvalue weighted by Crippen LogP contribution is 2.38. The quantitative estimate of drug-likeness (QED) is 0.749. The van der Waals surface area contributed by atoms with Crippen molar-refractivity contribution in [2.24, 2.45) is 5.41 Å². The van der Waals surface area contributed by atoms with Crippen LogP contribution in [0.3, 0.4) is 0 Å². The van der Waals surface area contributed by atoms with Crippen LogP contribution in [0.25, 0.3) is 0 Å². The Morgan fingerprint density at radius 3 is 2.42 bits per heavy atom. The minimum Gasteiger partial charge on any atom is -0.312 e. The predicted molar refractivity (Wildman–Crippen MR) is 85.6 cm³/mol. The van der Waals surface area contributed by atoms with Crippen LogP contribution in [-0.2, 0) is 0 Å². The van der Waals surface area contributed by atoms with E-state index in [1.54, 1.807) is 0 Å². The Morgan fingerprint density at radius 2 is 1.89 bits per heavy atom. The second-order valence-corrected chi connectivity index (χ2v) is 7.21. The fourth-order valence-corrected chi connectivity index (χ4v) is 3.74. The molecule has 0 aromatic rings. The molecule has 114 valence electrons. The van der Waals surface area contributed by atoms with Gasteiger partial charge in [-0.2, -0.15) is 0 Å². The summed E-state index contributed by atoms with van der Waals surface area (Å²) in [5, 5.41) is 3.86. The number of rotatable bonds is 7. The minimum absolute atomic E-state index is 0.430. The van der Waals surface area contributed by atoms with Gasteiger partial charge in [0.05, 0.1) is 0 Å². The number of hydrogen-bond donors (Lipinski definition) is 1. The van der Waals surface area contributed by atoms with Crippen LogP contribution in [0.2, 0.25) is 0 Å². The summed E-state index contributed by atoms with van der Waals surface area (Å²) >= 11 is 0. The van der Waals surface area contributed by atoms with Gasteiger partial charge in [0.1, 0.15) is 0 Å². The monoisotopic (exact) mass is 268 g/mol. The lowest BCUT2D eigenvalue weighted by Gasteiger charge is -2.50. The summed E-state index contributed by atoms with van der Waals surface area (Å²) < 4.78 is 0. The fraction of sp³-hybridized carbons (Fsp3) is 1.00. The van der Waals surface area contributed by atoms with Gasteiger partial charge >= 0.3 is 0 Å². The molecule has 0 bridgehead atoms. The minimum atomic E-state index is 0.430. The Morgan fingerprint density at radius 1 is 1.21 bits per heavy atom. The van der Waals surface area contributed by atoms with Gasteiger partial charge in [-0.1, -0.05) is 34.1 Å². The molecule has 0 amide bonds. The third-order valence-corrected chi connectivity index (χ3v) is 4.73. The van der Waals surface area contributed by atoms with E-state index >= 15 is 0 Å². The van der Waals surface area contributed by atoms with Gasteiger partial charge in [-0.15, -0.1) is 0 Å². The molecule has 0 aliphatic heterocycles. The van der Waals surface area contributed by atoms with Crippen LogP contribution in [0, 0.1) is 5.41 Å². The van der Waals surface area contributed by atoms with Gasteiger partial charge in [0.2, 0.25) is 0 Å². The molecule has 1 aliphatic carbocycles. The van der Waals surface area contributed by atoms with E-state index in [9.17, 15) is 0 Å². The molecule has 0 heterocycles. The molecule has 2 unspecified atom stereocenters. The molecular weight excluding hydrogens is 232 g/mol. The highest BCUT2D eigenvalue weighted by atomic mass is 15.2. The topological polar surface area (TPSA) is 15.3 Å². The van der Waals surface area contributed by atoms with Gasteiger partial charge in [0.15, 0.2) is 0 Å². The summed E-state index contributed by atoms with van der Waals surface area (Å²) in [4.78, 5) is 2.74. The van der Waals surface area contributed by atoms with Crippen molar-refractivity contribution >= 4 is 0 Å². The first kappa shape index (κ1) is 17.0. The first-order chi connectivity index (χ1) is 8.94. The summed E-state index contributed by atoms with van der Waals surface area (Å²) in [6.07, 6.45) is 6.60. The molecule has 1 saturated carbocycles. The Kier molecular flexibility index (Phi) is 6.82. The molecular formula is C17H36N2. The number of hydrogen-bond acceptors (Lipinski definition) is 2. The van der Waals surface area contributed by atoms with Crippen LogP contribution < -0.4 is 5.32 Å². The van der Waals surface area contributed by atoms with E-state index in [1.807, 2.05) is 0 Å². The average molecular weight is 268 g/mol.